The summed E-state index contributed by atoms with van der Waals surface area (Å²) in [6.07, 6.45) is 5.96. The molecule has 1 saturated carbocycles. The molecule has 7 nitrogen and oxygen atoms in total. The number of anilines is 2. The minimum absolute atomic E-state index is 0.116. The Labute approximate surface area is 174 Å². The van der Waals surface area contributed by atoms with Crippen molar-refractivity contribution in [3.63, 3.8) is 0 Å². The Morgan fingerprint density at radius 3 is 2.67 bits per heavy atom. The van der Waals surface area contributed by atoms with Gasteiger partial charge in [0.15, 0.2) is 5.76 Å². The van der Waals surface area contributed by atoms with Gasteiger partial charge in [-0.1, -0.05) is 12.8 Å². The summed E-state index contributed by atoms with van der Waals surface area (Å²) < 4.78 is 11.1. The van der Waals surface area contributed by atoms with E-state index in [-0.39, 0.29) is 11.9 Å². The van der Waals surface area contributed by atoms with Crippen molar-refractivity contribution in [1.29, 1.82) is 5.26 Å². The smallest absolute Gasteiger partial charge is 0.299 e. The molecular weight excluding hydrogens is 380 g/mol. The molecule has 0 aliphatic heterocycles. The molecule has 0 bridgehead atoms. The molecule has 3 aromatic rings. The Kier molecular flexibility index (Phi) is 5.66. The molecule has 30 heavy (non-hydrogen) atoms. The third-order valence-electron chi connectivity index (χ3n) is 5.15. The van der Waals surface area contributed by atoms with Crippen LogP contribution >= 0.6 is 0 Å². The maximum atomic E-state index is 12.7. The molecule has 0 radical (unpaired) electrons. The second kappa shape index (κ2) is 8.70. The van der Waals surface area contributed by atoms with Crippen LogP contribution in [-0.4, -0.2) is 24.0 Å². The number of benzene rings is 2. The Balaban J connectivity index is 1.51. The number of amides is 1. The van der Waals surface area contributed by atoms with Crippen molar-refractivity contribution in [2.24, 2.45) is 0 Å². The van der Waals surface area contributed by atoms with Crippen molar-refractivity contribution in [2.75, 3.05) is 12.4 Å². The van der Waals surface area contributed by atoms with Crippen LogP contribution in [0.5, 0.6) is 5.75 Å². The van der Waals surface area contributed by atoms with Crippen molar-refractivity contribution in [2.45, 2.75) is 31.7 Å². The fourth-order valence-corrected chi connectivity index (χ4v) is 3.56. The van der Waals surface area contributed by atoms with Gasteiger partial charge >= 0.3 is 0 Å². The van der Waals surface area contributed by atoms with Gasteiger partial charge in [0.2, 0.25) is 0 Å². The zero-order chi connectivity index (χ0) is 20.9. The molecule has 1 aliphatic carbocycles. The van der Waals surface area contributed by atoms with Gasteiger partial charge in [-0.25, -0.2) is 4.98 Å². The van der Waals surface area contributed by atoms with E-state index in [4.69, 9.17) is 14.4 Å². The Morgan fingerprint density at radius 1 is 1.20 bits per heavy atom. The fraction of sp³-hybridized carbons (Fsp3) is 0.261. The fourth-order valence-electron chi connectivity index (χ4n) is 3.56. The molecule has 1 fully saturated rings. The van der Waals surface area contributed by atoms with E-state index in [2.05, 4.69) is 21.7 Å². The first-order valence-corrected chi connectivity index (χ1v) is 9.88. The number of nitrogens with one attached hydrogen (secondary N) is 2. The summed E-state index contributed by atoms with van der Waals surface area (Å²) in [4.78, 5) is 16.9. The number of carbonyl (C=O) groups excluding carboxylic acids is 1. The van der Waals surface area contributed by atoms with E-state index in [0.717, 1.165) is 31.2 Å². The number of nitrogens with zero attached hydrogens (tertiary/aromatic N) is 2. The van der Waals surface area contributed by atoms with E-state index in [0.29, 0.717) is 34.3 Å². The lowest BCUT2D eigenvalue weighted by Gasteiger charge is -2.13. The SMILES string of the molecule is COc1cc(Nc2ncc(-c3ccc(C#N)cc3)o2)cc(C(=O)NC2CCCC2)c1. The molecule has 1 heterocycles. The van der Waals surface area contributed by atoms with Crippen LogP contribution in [0.3, 0.4) is 0 Å². The number of hydrogen-bond donors (Lipinski definition) is 2. The highest BCUT2D eigenvalue weighted by Gasteiger charge is 2.19. The van der Waals surface area contributed by atoms with E-state index in [1.165, 1.54) is 0 Å². The van der Waals surface area contributed by atoms with Gasteiger partial charge in [0, 0.05) is 28.9 Å². The Morgan fingerprint density at radius 2 is 1.97 bits per heavy atom. The number of carbonyl (C=O) groups is 1. The second-order valence-electron chi connectivity index (χ2n) is 7.25. The van der Waals surface area contributed by atoms with Crippen molar-refractivity contribution in [3.05, 3.63) is 59.8 Å². The molecule has 1 aliphatic rings. The van der Waals surface area contributed by atoms with Gasteiger partial charge in [0.25, 0.3) is 11.9 Å². The number of aromatic nitrogens is 1. The summed E-state index contributed by atoms with van der Waals surface area (Å²) in [6.45, 7) is 0. The minimum atomic E-state index is -0.116. The van der Waals surface area contributed by atoms with Crippen LogP contribution in [0.1, 0.15) is 41.6 Å². The number of ether oxygens (including phenoxy) is 1. The van der Waals surface area contributed by atoms with Crippen LogP contribution in [0.25, 0.3) is 11.3 Å². The maximum Gasteiger partial charge on any atom is 0.299 e. The summed E-state index contributed by atoms with van der Waals surface area (Å²) in [5.41, 5.74) is 2.55. The van der Waals surface area contributed by atoms with Crippen molar-refractivity contribution < 1.29 is 13.9 Å². The van der Waals surface area contributed by atoms with E-state index >= 15 is 0 Å². The standard InChI is InChI=1S/C23H22N4O3/c1-29-20-11-17(22(28)26-18-4-2-3-5-18)10-19(12-20)27-23-25-14-21(30-23)16-8-6-15(13-24)7-9-16/h6-12,14,18H,2-5H2,1H3,(H,25,27)(H,26,28). The number of hydrogen-bond acceptors (Lipinski definition) is 6. The predicted molar refractivity (Wildman–Crippen MR) is 113 cm³/mol. The van der Waals surface area contributed by atoms with Gasteiger partial charge < -0.3 is 19.8 Å². The molecule has 0 atom stereocenters. The average molecular weight is 402 g/mol. The van der Waals surface area contributed by atoms with Gasteiger partial charge in [-0.05, 0) is 49.2 Å². The molecule has 0 spiro atoms. The van der Waals surface area contributed by atoms with Crippen LogP contribution in [0, 0.1) is 11.3 Å². The van der Waals surface area contributed by atoms with Gasteiger partial charge in [0.1, 0.15) is 5.75 Å². The summed E-state index contributed by atoms with van der Waals surface area (Å²) in [6, 6.07) is 14.9. The highest BCUT2D eigenvalue weighted by atomic mass is 16.5. The largest absolute Gasteiger partial charge is 0.497 e. The van der Waals surface area contributed by atoms with Gasteiger partial charge in [0.05, 0.1) is 24.9 Å². The maximum absolute atomic E-state index is 12.7. The lowest BCUT2D eigenvalue weighted by Crippen LogP contribution is -2.32. The highest BCUT2D eigenvalue weighted by Crippen LogP contribution is 2.28. The minimum Gasteiger partial charge on any atom is -0.497 e. The van der Waals surface area contributed by atoms with Crippen molar-refractivity contribution in [3.8, 4) is 23.1 Å². The normalized spacial score (nSPS) is 13.6. The first-order valence-electron chi connectivity index (χ1n) is 9.88. The van der Waals surface area contributed by atoms with E-state index < -0.39 is 0 Å². The Bertz CT molecular complexity index is 1080. The molecule has 2 N–H and O–H groups in total. The van der Waals surface area contributed by atoms with Crippen LogP contribution < -0.4 is 15.4 Å². The third kappa shape index (κ3) is 4.44. The first-order chi connectivity index (χ1) is 14.6. The van der Waals surface area contributed by atoms with Gasteiger partial charge in [-0.3, -0.25) is 4.79 Å². The molecule has 4 rings (SSSR count). The number of nitriles is 1. The molecule has 0 unspecified atom stereocenters. The number of oxazole rings is 1. The highest BCUT2D eigenvalue weighted by molar-refractivity contribution is 5.96. The topological polar surface area (TPSA) is 100 Å². The van der Waals surface area contributed by atoms with Gasteiger partial charge in [-0.15, -0.1) is 0 Å². The van der Waals surface area contributed by atoms with E-state index in [9.17, 15) is 4.79 Å². The molecule has 2 aromatic carbocycles. The number of rotatable bonds is 6. The molecule has 1 aromatic heterocycles. The van der Waals surface area contributed by atoms with Crippen LogP contribution in [-0.2, 0) is 0 Å². The lowest BCUT2D eigenvalue weighted by molar-refractivity contribution is 0.0937. The molecule has 0 saturated heterocycles. The monoisotopic (exact) mass is 402 g/mol. The van der Waals surface area contributed by atoms with Crippen LogP contribution in [0.2, 0.25) is 0 Å². The van der Waals surface area contributed by atoms with Crippen molar-refractivity contribution in [1.82, 2.24) is 10.3 Å². The average Bonchev–Trinajstić information content (AvgIpc) is 3.46. The van der Waals surface area contributed by atoms with E-state index in [1.807, 2.05) is 0 Å². The van der Waals surface area contributed by atoms with Crippen LogP contribution in [0.4, 0.5) is 11.7 Å². The van der Waals surface area contributed by atoms with Crippen molar-refractivity contribution >= 4 is 17.6 Å². The summed E-state index contributed by atoms with van der Waals surface area (Å²) in [5, 5.41) is 15.1. The van der Waals surface area contributed by atoms with Gasteiger partial charge in [-0.2, -0.15) is 5.26 Å². The quantitative estimate of drug-likeness (QED) is 0.623. The molecule has 7 heteroatoms. The molecule has 152 valence electrons. The van der Waals surface area contributed by atoms with E-state index in [1.54, 1.807) is 55.8 Å². The molecular formula is C23H22N4O3. The lowest BCUT2D eigenvalue weighted by atomic mass is 10.1. The second-order valence-corrected chi connectivity index (χ2v) is 7.25. The Hall–Kier alpha value is -3.79. The number of methoxy groups -OCH3 is 1. The predicted octanol–water partition coefficient (Wildman–Crippen LogP) is 4.64. The summed E-state index contributed by atoms with van der Waals surface area (Å²) >= 11 is 0. The third-order valence-corrected chi connectivity index (χ3v) is 5.15. The summed E-state index contributed by atoms with van der Waals surface area (Å²) in [5.74, 6) is 1.02. The summed E-state index contributed by atoms with van der Waals surface area (Å²) in [7, 11) is 1.56. The zero-order valence-corrected chi connectivity index (χ0v) is 16.6. The zero-order valence-electron chi connectivity index (χ0n) is 16.6. The molecule has 1 amide bonds. The first kappa shape index (κ1) is 19.5. The van der Waals surface area contributed by atoms with Crippen LogP contribution in [0.15, 0.2) is 53.1 Å².